The Morgan fingerprint density at radius 3 is 2.80 bits per heavy atom. The zero-order chi connectivity index (χ0) is 14.5. The van der Waals surface area contributed by atoms with E-state index in [1.807, 2.05) is 26.0 Å². The molecule has 1 aliphatic heterocycles. The molecule has 1 aliphatic rings. The maximum absolute atomic E-state index is 11.9. The second-order valence-corrected chi connectivity index (χ2v) is 6.02. The van der Waals surface area contributed by atoms with E-state index in [1.54, 1.807) is 6.20 Å². The standard InChI is InChI=1S/C16H25N3O/c1-12(2)16(20)11-15-14(5-4-8-17-15)18-13-6-9-19(3)10-7-13/h4-5,8,12-13,18H,6-7,9-11H2,1-3H3. The molecule has 20 heavy (non-hydrogen) atoms. The lowest BCUT2D eigenvalue weighted by molar-refractivity contribution is -0.121. The summed E-state index contributed by atoms with van der Waals surface area (Å²) in [5, 5.41) is 3.57. The van der Waals surface area contributed by atoms with E-state index >= 15 is 0 Å². The van der Waals surface area contributed by atoms with Crippen LogP contribution in [0, 0.1) is 5.92 Å². The van der Waals surface area contributed by atoms with Crippen LogP contribution in [0.25, 0.3) is 0 Å². The minimum Gasteiger partial charge on any atom is -0.381 e. The van der Waals surface area contributed by atoms with Gasteiger partial charge < -0.3 is 10.2 Å². The second kappa shape index (κ2) is 6.84. The number of carbonyl (C=O) groups is 1. The van der Waals surface area contributed by atoms with Gasteiger partial charge in [0.1, 0.15) is 5.78 Å². The number of nitrogens with one attached hydrogen (secondary N) is 1. The van der Waals surface area contributed by atoms with Crippen molar-refractivity contribution in [3.05, 3.63) is 24.0 Å². The third-order valence-electron chi connectivity index (χ3n) is 3.95. The van der Waals surface area contributed by atoms with Crippen molar-refractivity contribution in [1.82, 2.24) is 9.88 Å². The lowest BCUT2D eigenvalue weighted by atomic mass is 10.0. The Hall–Kier alpha value is -1.42. The molecule has 1 aromatic rings. The number of nitrogens with zero attached hydrogens (tertiary/aromatic N) is 2. The van der Waals surface area contributed by atoms with E-state index in [1.165, 1.54) is 0 Å². The minimum atomic E-state index is 0.0631. The Kier molecular flexibility index (Phi) is 5.12. The summed E-state index contributed by atoms with van der Waals surface area (Å²) in [5.41, 5.74) is 1.90. The van der Waals surface area contributed by atoms with Crippen molar-refractivity contribution in [2.45, 2.75) is 39.2 Å². The fourth-order valence-electron chi connectivity index (χ4n) is 2.45. The molecule has 2 heterocycles. The summed E-state index contributed by atoms with van der Waals surface area (Å²) >= 11 is 0. The van der Waals surface area contributed by atoms with Crippen molar-refractivity contribution in [2.75, 3.05) is 25.5 Å². The van der Waals surface area contributed by atoms with Crippen LogP contribution in [-0.2, 0) is 11.2 Å². The fraction of sp³-hybridized carbons (Fsp3) is 0.625. The molecule has 1 aromatic heterocycles. The first-order chi connectivity index (χ1) is 9.56. The maximum atomic E-state index is 11.9. The molecule has 0 radical (unpaired) electrons. The van der Waals surface area contributed by atoms with Crippen LogP contribution in [0.1, 0.15) is 32.4 Å². The predicted molar refractivity (Wildman–Crippen MR) is 81.9 cm³/mol. The maximum Gasteiger partial charge on any atom is 0.141 e. The summed E-state index contributed by atoms with van der Waals surface area (Å²) in [6.45, 7) is 6.13. The number of rotatable bonds is 5. The number of pyridine rings is 1. The normalized spacial score (nSPS) is 17.4. The average Bonchev–Trinajstić information content (AvgIpc) is 2.43. The van der Waals surface area contributed by atoms with Crippen LogP contribution in [0.5, 0.6) is 0 Å². The van der Waals surface area contributed by atoms with Crippen molar-refractivity contribution < 1.29 is 4.79 Å². The van der Waals surface area contributed by atoms with Crippen molar-refractivity contribution in [1.29, 1.82) is 0 Å². The molecule has 0 bridgehead atoms. The molecule has 0 unspecified atom stereocenters. The monoisotopic (exact) mass is 275 g/mol. The molecule has 1 fully saturated rings. The fourth-order valence-corrected chi connectivity index (χ4v) is 2.45. The van der Waals surface area contributed by atoms with Crippen LogP contribution in [-0.4, -0.2) is 41.8 Å². The first-order valence-corrected chi connectivity index (χ1v) is 7.48. The van der Waals surface area contributed by atoms with Gasteiger partial charge in [0.25, 0.3) is 0 Å². The van der Waals surface area contributed by atoms with Gasteiger partial charge in [-0.25, -0.2) is 0 Å². The Morgan fingerprint density at radius 1 is 1.45 bits per heavy atom. The van der Waals surface area contributed by atoms with E-state index in [4.69, 9.17) is 0 Å². The summed E-state index contributed by atoms with van der Waals surface area (Å²) in [6.07, 6.45) is 4.47. The number of hydrogen-bond donors (Lipinski definition) is 1. The van der Waals surface area contributed by atoms with Crippen LogP contribution in [0.4, 0.5) is 5.69 Å². The molecular weight excluding hydrogens is 250 g/mol. The molecule has 2 rings (SSSR count). The van der Waals surface area contributed by atoms with Crippen molar-refractivity contribution in [3.8, 4) is 0 Å². The molecule has 4 heteroatoms. The highest BCUT2D eigenvalue weighted by Crippen LogP contribution is 2.19. The Labute approximate surface area is 121 Å². The number of carbonyl (C=O) groups excluding carboxylic acids is 1. The Balaban J connectivity index is 2.02. The lowest BCUT2D eigenvalue weighted by Crippen LogP contribution is -2.37. The smallest absolute Gasteiger partial charge is 0.141 e. The first-order valence-electron chi connectivity index (χ1n) is 7.48. The van der Waals surface area contributed by atoms with Gasteiger partial charge in [0.05, 0.1) is 17.8 Å². The van der Waals surface area contributed by atoms with Crippen LogP contribution < -0.4 is 5.32 Å². The lowest BCUT2D eigenvalue weighted by Gasteiger charge is -2.30. The van der Waals surface area contributed by atoms with Gasteiger partial charge in [-0.05, 0) is 45.1 Å². The molecular formula is C16H25N3O. The predicted octanol–water partition coefficient (Wildman–Crippen LogP) is 2.36. The highest BCUT2D eigenvalue weighted by Gasteiger charge is 2.18. The zero-order valence-corrected chi connectivity index (χ0v) is 12.7. The van der Waals surface area contributed by atoms with Gasteiger partial charge in [0, 0.05) is 18.2 Å². The highest BCUT2D eigenvalue weighted by molar-refractivity contribution is 5.83. The van der Waals surface area contributed by atoms with Crippen LogP contribution in [0.2, 0.25) is 0 Å². The number of Topliss-reactive ketones (excluding diaryl/α,β-unsaturated/α-hetero) is 1. The van der Waals surface area contributed by atoms with Crippen LogP contribution >= 0.6 is 0 Å². The number of ketones is 1. The van der Waals surface area contributed by atoms with Gasteiger partial charge in [0.2, 0.25) is 0 Å². The summed E-state index contributed by atoms with van der Waals surface area (Å²) in [4.78, 5) is 18.7. The van der Waals surface area contributed by atoms with Crippen LogP contribution in [0.3, 0.4) is 0 Å². The van der Waals surface area contributed by atoms with E-state index in [9.17, 15) is 4.79 Å². The number of likely N-dealkylation sites (tertiary alicyclic amines) is 1. The quantitative estimate of drug-likeness (QED) is 0.896. The molecule has 0 spiro atoms. The van der Waals surface area contributed by atoms with Gasteiger partial charge in [-0.1, -0.05) is 13.8 Å². The Bertz CT molecular complexity index is 451. The zero-order valence-electron chi connectivity index (χ0n) is 12.7. The molecule has 0 atom stereocenters. The third kappa shape index (κ3) is 4.04. The summed E-state index contributed by atoms with van der Waals surface area (Å²) in [7, 11) is 2.16. The van der Waals surface area contributed by atoms with Crippen molar-refractivity contribution in [2.24, 2.45) is 5.92 Å². The summed E-state index contributed by atoms with van der Waals surface area (Å²) in [5.74, 6) is 0.309. The molecule has 1 N–H and O–H groups in total. The van der Waals surface area contributed by atoms with E-state index < -0.39 is 0 Å². The van der Waals surface area contributed by atoms with Gasteiger partial charge in [-0.2, -0.15) is 0 Å². The third-order valence-corrected chi connectivity index (χ3v) is 3.95. The molecule has 4 nitrogen and oxygen atoms in total. The van der Waals surface area contributed by atoms with E-state index in [2.05, 4.69) is 22.2 Å². The van der Waals surface area contributed by atoms with Crippen molar-refractivity contribution in [3.63, 3.8) is 0 Å². The van der Waals surface area contributed by atoms with E-state index in [-0.39, 0.29) is 11.7 Å². The Morgan fingerprint density at radius 2 is 2.15 bits per heavy atom. The number of piperidine rings is 1. The summed E-state index contributed by atoms with van der Waals surface area (Å²) < 4.78 is 0. The van der Waals surface area contributed by atoms with Crippen LogP contribution in [0.15, 0.2) is 18.3 Å². The number of anilines is 1. The molecule has 110 valence electrons. The van der Waals surface area contributed by atoms with Gasteiger partial charge >= 0.3 is 0 Å². The van der Waals surface area contributed by atoms with Gasteiger partial charge in [-0.15, -0.1) is 0 Å². The number of aromatic nitrogens is 1. The molecule has 0 aromatic carbocycles. The minimum absolute atomic E-state index is 0.0631. The van der Waals surface area contributed by atoms with E-state index in [0.29, 0.717) is 12.5 Å². The highest BCUT2D eigenvalue weighted by atomic mass is 16.1. The van der Waals surface area contributed by atoms with E-state index in [0.717, 1.165) is 37.3 Å². The largest absolute Gasteiger partial charge is 0.381 e. The van der Waals surface area contributed by atoms with Gasteiger partial charge in [0.15, 0.2) is 0 Å². The SMILES string of the molecule is CC(C)C(=O)Cc1ncccc1NC1CCN(C)CC1. The molecule has 0 saturated carbocycles. The molecule has 0 aliphatic carbocycles. The molecule has 0 amide bonds. The first kappa shape index (κ1) is 15.0. The number of hydrogen-bond acceptors (Lipinski definition) is 4. The van der Waals surface area contributed by atoms with Gasteiger partial charge in [-0.3, -0.25) is 9.78 Å². The molecule has 1 saturated heterocycles. The van der Waals surface area contributed by atoms with Crippen molar-refractivity contribution >= 4 is 11.5 Å². The average molecular weight is 275 g/mol. The summed E-state index contributed by atoms with van der Waals surface area (Å²) in [6, 6.07) is 4.46. The topological polar surface area (TPSA) is 45.2 Å². The second-order valence-electron chi connectivity index (χ2n) is 6.02.